The van der Waals surface area contributed by atoms with Gasteiger partial charge in [-0.05, 0) is 48.8 Å². The molecule has 1 fully saturated rings. The molecule has 0 aromatic heterocycles. The van der Waals surface area contributed by atoms with Crippen LogP contribution in [0.5, 0.6) is 5.75 Å². The van der Waals surface area contributed by atoms with Crippen molar-refractivity contribution in [1.29, 1.82) is 0 Å². The van der Waals surface area contributed by atoms with Gasteiger partial charge in [-0.25, -0.2) is 0 Å². The molecule has 5 N–H and O–H groups in total. The number of aliphatic hydroxyl groups is 4. The number of phenols is 1. The number of carbonyl (C=O) groups is 4. The Kier molecular flexibility index (Phi) is 6.90. The first-order chi connectivity index (χ1) is 19.5. The van der Waals surface area contributed by atoms with E-state index in [9.17, 15) is 44.7 Å². The van der Waals surface area contributed by atoms with Gasteiger partial charge in [0.05, 0.1) is 17.2 Å². The highest BCUT2D eigenvalue weighted by Gasteiger charge is 2.76. The van der Waals surface area contributed by atoms with Crippen LogP contribution in [-0.2, 0) is 20.8 Å². The zero-order chi connectivity index (χ0) is 31.3. The molecule has 0 saturated heterocycles. The lowest BCUT2D eigenvalue weighted by molar-refractivity contribution is -0.211. The molecule has 1 aromatic carbocycles. The predicted octanol–water partition coefficient (Wildman–Crippen LogP) is 4.18. The summed E-state index contributed by atoms with van der Waals surface area (Å²) in [6.07, 6.45) is 1.86. The fraction of sp³-hybridized carbons (Fsp3) is 0.576. The van der Waals surface area contributed by atoms with Crippen LogP contribution in [0.4, 0.5) is 0 Å². The normalized spacial score (nSPS) is 34.9. The lowest BCUT2D eigenvalue weighted by Gasteiger charge is -2.63. The monoisotopic (exact) mass is 580 g/mol. The Bertz CT molecular complexity index is 1490. The standard InChI is InChI=1S/C33H40O9/c1-14(2)24-26(37)22(16(4)34)28(39)33(42)29(40)25-27(38)23-19(35)12-11-18(13-20(36)17-9-7-8-10-17)21(23)15(3)31(25,5)30(41)32(24,33)6/h11-12,14-15,17,24,30,35,37,40-42H,7-10,13H2,1-6H3/t15?,24?,30-,31+,32+,33+/m1/s1. The molecule has 4 aliphatic carbocycles. The van der Waals surface area contributed by atoms with Crippen LogP contribution in [0.3, 0.4) is 0 Å². The number of Topliss-reactive ketones (excluding diaryl/α,β-unsaturated/α-hetero) is 4. The molecular weight excluding hydrogens is 540 g/mol. The Morgan fingerprint density at radius 2 is 1.64 bits per heavy atom. The average molecular weight is 581 g/mol. The van der Waals surface area contributed by atoms with E-state index in [-0.39, 0.29) is 23.7 Å². The first kappa shape index (κ1) is 30.2. The van der Waals surface area contributed by atoms with Crippen molar-refractivity contribution >= 4 is 23.1 Å². The van der Waals surface area contributed by atoms with E-state index in [1.807, 2.05) is 0 Å². The maximum absolute atomic E-state index is 14.3. The molecule has 1 saturated carbocycles. The van der Waals surface area contributed by atoms with Gasteiger partial charge in [0.15, 0.2) is 17.2 Å². The molecule has 2 unspecified atom stereocenters. The van der Waals surface area contributed by atoms with Crippen LogP contribution >= 0.6 is 0 Å². The van der Waals surface area contributed by atoms with E-state index in [0.29, 0.717) is 11.1 Å². The van der Waals surface area contributed by atoms with Crippen LogP contribution in [0.1, 0.15) is 94.6 Å². The minimum absolute atomic E-state index is 0.0297. The minimum atomic E-state index is -2.93. The van der Waals surface area contributed by atoms with Crippen LogP contribution in [0.25, 0.3) is 0 Å². The second kappa shape index (κ2) is 9.61. The molecule has 0 heterocycles. The number of fused-ring (bicyclic) bond motifs is 3. The summed E-state index contributed by atoms with van der Waals surface area (Å²) in [5.41, 5.74) is -6.93. The van der Waals surface area contributed by atoms with Crippen molar-refractivity contribution in [1.82, 2.24) is 0 Å². The zero-order valence-electron chi connectivity index (χ0n) is 24.9. The molecule has 5 rings (SSSR count). The molecule has 0 radical (unpaired) electrons. The number of hydrogen-bond acceptors (Lipinski definition) is 9. The topological polar surface area (TPSA) is 169 Å². The number of hydrogen-bond donors (Lipinski definition) is 5. The fourth-order valence-corrected chi connectivity index (χ4v) is 8.83. The molecule has 0 bridgehead atoms. The molecular formula is C33H40O9. The van der Waals surface area contributed by atoms with E-state index < -0.39 is 86.1 Å². The Balaban J connectivity index is 1.80. The maximum Gasteiger partial charge on any atom is 0.209 e. The summed E-state index contributed by atoms with van der Waals surface area (Å²) in [5, 5.41) is 58.6. The number of ketones is 4. The highest BCUT2D eigenvalue weighted by atomic mass is 16.4. The van der Waals surface area contributed by atoms with E-state index >= 15 is 0 Å². The minimum Gasteiger partial charge on any atom is -0.511 e. The lowest BCUT2D eigenvalue weighted by atomic mass is 9.41. The van der Waals surface area contributed by atoms with Crippen LogP contribution in [0.2, 0.25) is 0 Å². The predicted molar refractivity (Wildman–Crippen MR) is 152 cm³/mol. The van der Waals surface area contributed by atoms with Crippen LogP contribution < -0.4 is 0 Å². The number of carbonyl (C=O) groups excluding carboxylic acids is 4. The number of phenolic OH excluding ortho intramolecular Hbond substituents is 1. The second-order valence-electron chi connectivity index (χ2n) is 13.5. The average Bonchev–Trinajstić information content (AvgIpc) is 3.45. The van der Waals surface area contributed by atoms with Gasteiger partial charge in [0.1, 0.15) is 28.6 Å². The third-order valence-corrected chi connectivity index (χ3v) is 11.1. The summed E-state index contributed by atoms with van der Waals surface area (Å²) in [5.74, 6) is -7.53. The maximum atomic E-state index is 14.3. The third kappa shape index (κ3) is 3.49. The van der Waals surface area contributed by atoms with E-state index in [2.05, 4.69) is 0 Å². The van der Waals surface area contributed by atoms with Gasteiger partial charge in [-0.15, -0.1) is 0 Å². The quantitative estimate of drug-likeness (QED) is 0.321. The van der Waals surface area contributed by atoms with Gasteiger partial charge in [0.25, 0.3) is 0 Å². The van der Waals surface area contributed by atoms with Crippen molar-refractivity contribution in [2.45, 2.75) is 91.3 Å². The summed E-state index contributed by atoms with van der Waals surface area (Å²) < 4.78 is 0. The summed E-state index contributed by atoms with van der Waals surface area (Å²) in [7, 11) is 0. The Labute approximate surface area is 244 Å². The highest BCUT2D eigenvalue weighted by molar-refractivity contribution is 6.25. The Morgan fingerprint density at radius 1 is 1.05 bits per heavy atom. The first-order valence-corrected chi connectivity index (χ1v) is 14.7. The van der Waals surface area contributed by atoms with Crippen molar-refractivity contribution in [2.24, 2.45) is 28.6 Å². The third-order valence-electron chi connectivity index (χ3n) is 11.1. The van der Waals surface area contributed by atoms with Crippen LogP contribution in [0, 0.1) is 28.6 Å². The molecule has 9 nitrogen and oxygen atoms in total. The van der Waals surface area contributed by atoms with Crippen molar-refractivity contribution in [2.75, 3.05) is 0 Å². The summed E-state index contributed by atoms with van der Waals surface area (Å²) in [6.45, 7) is 9.09. The summed E-state index contributed by atoms with van der Waals surface area (Å²) >= 11 is 0. The van der Waals surface area contributed by atoms with Gasteiger partial charge in [-0.1, -0.05) is 53.5 Å². The number of benzene rings is 1. The molecule has 4 aliphatic rings. The largest absolute Gasteiger partial charge is 0.511 e. The van der Waals surface area contributed by atoms with Gasteiger partial charge in [0.2, 0.25) is 5.78 Å². The van der Waals surface area contributed by atoms with E-state index in [0.717, 1.165) is 32.6 Å². The molecule has 9 heteroatoms. The summed E-state index contributed by atoms with van der Waals surface area (Å²) in [4.78, 5) is 53.9. The van der Waals surface area contributed by atoms with Crippen molar-refractivity contribution in [3.63, 3.8) is 0 Å². The highest BCUT2D eigenvalue weighted by Crippen LogP contribution is 2.67. The van der Waals surface area contributed by atoms with Gasteiger partial charge in [-0.2, -0.15) is 0 Å². The number of aromatic hydroxyl groups is 1. The smallest absolute Gasteiger partial charge is 0.209 e. The molecule has 6 atom stereocenters. The van der Waals surface area contributed by atoms with Gasteiger partial charge in [-0.3, -0.25) is 19.2 Å². The molecule has 1 aromatic rings. The SMILES string of the molecule is CC(=O)C1=C(O)C(C(C)C)[C@@]2(C)[C@H](O)[C@]3(C)C(=C(O)[C@@]2(O)C1=O)C(=O)c1c(O)ccc(CC(=O)C2CCCC2)c1C3C. The second-order valence-corrected chi connectivity index (χ2v) is 13.5. The number of aliphatic hydroxyl groups excluding tert-OH is 3. The van der Waals surface area contributed by atoms with Crippen molar-refractivity contribution in [3.8, 4) is 5.75 Å². The van der Waals surface area contributed by atoms with Gasteiger partial charge < -0.3 is 25.5 Å². The lowest BCUT2D eigenvalue weighted by Crippen LogP contribution is -2.73. The first-order valence-electron chi connectivity index (χ1n) is 14.7. The molecule has 0 amide bonds. The molecule has 226 valence electrons. The van der Waals surface area contributed by atoms with Crippen molar-refractivity contribution in [3.05, 3.63) is 51.5 Å². The van der Waals surface area contributed by atoms with Gasteiger partial charge >= 0.3 is 0 Å². The molecule has 0 aliphatic heterocycles. The van der Waals surface area contributed by atoms with E-state index in [1.54, 1.807) is 33.8 Å². The Morgan fingerprint density at radius 3 is 2.19 bits per heavy atom. The zero-order valence-corrected chi connectivity index (χ0v) is 24.9. The van der Waals surface area contributed by atoms with E-state index in [1.165, 1.54) is 13.0 Å². The summed E-state index contributed by atoms with van der Waals surface area (Å²) in [6, 6.07) is 2.92. The van der Waals surface area contributed by atoms with Gasteiger partial charge in [0, 0.05) is 29.1 Å². The molecule has 0 spiro atoms. The van der Waals surface area contributed by atoms with E-state index in [4.69, 9.17) is 0 Å². The van der Waals surface area contributed by atoms with Crippen LogP contribution in [0.15, 0.2) is 34.8 Å². The number of rotatable bonds is 5. The fourth-order valence-electron chi connectivity index (χ4n) is 8.83. The van der Waals surface area contributed by atoms with Crippen LogP contribution in [-0.4, -0.2) is 60.4 Å². The Hall–Kier alpha value is -3.30. The van der Waals surface area contributed by atoms with Crippen molar-refractivity contribution < 1.29 is 44.7 Å². The molecule has 42 heavy (non-hydrogen) atoms. The number of allylic oxidation sites excluding steroid dienone is 1.